The first-order valence-electron chi connectivity index (χ1n) is 7.33. The van der Waals surface area contributed by atoms with E-state index in [0.29, 0.717) is 16.6 Å². The molecule has 1 N–H and O–H groups in total. The van der Waals surface area contributed by atoms with Gasteiger partial charge in [-0.3, -0.25) is 4.79 Å². The lowest BCUT2D eigenvalue weighted by Gasteiger charge is -2.03. The van der Waals surface area contributed by atoms with Crippen LogP contribution in [0.1, 0.15) is 33.5 Å². The largest absolute Gasteiger partial charge is 0.460 e. The summed E-state index contributed by atoms with van der Waals surface area (Å²) in [4.78, 5) is 32.6. The van der Waals surface area contributed by atoms with E-state index in [1.807, 2.05) is 37.3 Å². The zero-order chi connectivity index (χ0) is 16.4. The third-order valence-electron chi connectivity index (χ3n) is 3.56. The van der Waals surface area contributed by atoms with Gasteiger partial charge in [0.25, 0.3) is 5.56 Å². The van der Waals surface area contributed by atoms with Crippen LogP contribution in [0.25, 0.3) is 10.2 Å². The number of hydrogen-bond donors (Lipinski definition) is 1. The molecule has 0 aliphatic carbocycles. The Morgan fingerprint density at radius 2 is 2.04 bits per heavy atom. The average molecular weight is 328 g/mol. The summed E-state index contributed by atoms with van der Waals surface area (Å²) in [5.74, 6) is -0.654. The van der Waals surface area contributed by atoms with Gasteiger partial charge in [-0.25, -0.2) is 9.78 Å². The molecule has 0 amide bonds. The molecule has 0 unspecified atom stereocenters. The van der Waals surface area contributed by atoms with Crippen molar-refractivity contribution in [1.82, 2.24) is 9.97 Å². The zero-order valence-electron chi connectivity index (χ0n) is 12.9. The maximum absolute atomic E-state index is 12.4. The van der Waals surface area contributed by atoms with Gasteiger partial charge < -0.3 is 9.72 Å². The van der Waals surface area contributed by atoms with Crippen LogP contribution in [0.15, 0.2) is 35.1 Å². The Morgan fingerprint density at radius 3 is 2.74 bits per heavy atom. The van der Waals surface area contributed by atoms with Crippen molar-refractivity contribution in [3.8, 4) is 0 Å². The fraction of sp³-hybridized carbons (Fsp3) is 0.235. The second-order valence-corrected chi connectivity index (χ2v) is 6.32. The smallest absolute Gasteiger partial charge is 0.374 e. The van der Waals surface area contributed by atoms with E-state index in [-0.39, 0.29) is 18.0 Å². The number of carbonyl (C=O) groups excluding carboxylic acids is 1. The summed E-state index contributed by atoms with van der Waals surface area (Å²) in [6, 6.07) is 9.96. The summed E-state index contributed by atoms with van der Waals surface area (Å²) in [5, 5.41) is 0.560. The van der Waals surface area contributed by atoms with Gasteiger partial charge in [0.2, 0.25) is 5.82 Å². The summed E-state index contributed by atoms with van der Waals surface area (Å²) in [6.07, 6.45) is 0.663. The van der Waals surface area contributed by atoms with Crippen LogP contribution in [-0.4, -0.2) is 22.5 Å². The van der Waals surface area contributed by atoms with Crippen molar-refractivity contribution in [3.05, 3.63) is 62.5 Å². The van der Waals surface area contributed by atoms with E-state index in [1.165, 1.54) is 11.3 Å². The van der Waals surface area contributed by atoms with Crippen molar-refractivity contribution in [3.63, 3.8) is 0 Å². The van der Waals surface area contributed by atoms with Crippen molar-refractivity contribution < 1.29 is 9.53 Å². The molecule has 5 nitrogen and oxygen atoms in total. The lowest BCUT2D eigenvalue weighted by Crippen LogP contribution is -2.17. The van der Waals surface area contributed by atoms with Crippen LogP contribution in [-0.2, 0) is 11.2 Å². The van der Waals surface area contributed by atoms with Crippen LogP contribution >= 0.6 is 11.3 Å². The minimum absolute atomic E-state index is 0.0446. The van der Waals surface area contributed by atoms with Gasteiger partial charge in [0, 0.05) is 4.88 Å². The minimum atomic E-state index is -0.609. The SMILES string of the molecule is CCOC(=O)c1nc2sc(C)c(Cc3ccccc3)c2c(=O)[nH]1. The first-order chi connectivity index (χ1) is 11.1. The molecule has 1 aromatic carbocycles. The number of thiophene rings is 1. The Hall–Kier alpha value is -2.47. The summed E-state index contributed by atoms with van der Waals surface area (Å²) >= 11 is 1.42. The van der Waals surface area contributed by atoms with Gasteiger partial charge in [-0.15, -0.1) is 11.3 Å². The number of rotatable bonds is 4. The average Bonchev–Trinajstić information content (AvgIpc) is 2.85. The van der Waals surface area contributed by atoms with Gasteiger partial charge in [-0.1, -0.05) is 30.3 Å². The first kappa shape index (κ1) is 15.4. The molecule has 2 aromatic heterocycles. The number of aromatic amines is 1. The summed E-state index contributed by atoms with van der Waals surface area (Å²) in [6.45, 7) is 3.92. The topological polar surface area (TPSA) is 72.0 Å². The molecule has 118 valence electrons. The van der Waals surface area contributed by atoms with Crippen LogP contribution in [0.5, 0.6) is 0 Å². The van der Waals surface area contributed by atoms with Crippen molar-refractivity contribution in [2.24, 2.45) is 0 Å². The zero-order valence-corrected chi connectivity index (χ0v) is 13.7. The van der Waals surface area contributed by atoms with E-state index in [0.717, 1.165) is 16.0 Å². The monoisotopic (exact) mass is 328 g/mol. The molecule has 23 heavy (non-hydrogen) atoms. The summed E-state index contributed by atoms with van der Waals surface area (Å²) < 4.78 is 4.90. The number of benzene rings is 1. The Labute approximate surface area is 137 Å². The Morgan fingerprint density at radius 1 is 1.30 bits per heavy atom. The number of H-pyrrole nitrogens is 1. The third kappa shape index (κ3) is 3.03. The molecule has 3 rings (SSSR count). The summed E-state index contributed by atoms with van der Waals surface area (Å²) in [5.41, 5.74) is 1.79. The number of hydrogen-bond acceptors (Lipinski definition) is 5. The highest BCUT2D eigenvalue weighted by molar-refractivity contribution is 7.18. The Bertz CT molecular complexity index is 913. The number of carbonyl (C=O) groups is 1. The molecular formula is C17H16N2O3S. The number of fused-ring (bicyclic) bond motifs is 1. The van der Waals surface area contributed by atoms with Gasteiger partial charge in [-0.05, 0) is 31.4 Å². The van der Waals surface area contributed by atoms with Crippen LogP contribution in [0.4, 0.5) is 0 Å². The third-order valence-corrected chi connectivity index (χ3v) is 4.60. The highest BCUT2D eigenvalue weighted by atomic mass is 32.1. The van der Waals surface area contributed by atoms with Gasteiger partial charge in [0.15, 0.2) is 0 Å². The molecule has 0 aliphatic rings. The highest BCUT2D eigenvalue weighted by Gasteiger charge is 2.18. The van der Waals surface area contributed by atoms with Crippen LogP contribution in [0.3, 0.4) is 0 Å². The second-order valence-electron chi connectivity index (χ2n) is 5.11. The van der Waals surface area contributed by atoms with Crippen LogP contribution in [0, 0.1) is 6.92 Å². The maximum atomic E-state index is 12.4. The molecule has 6 heteroatoms. The summed E-state index contributed by atoms with van der Waals surface area (Å²) in [7, 11) is 0. The molecule has 0 radical (unpaired) electrons. The molecule has 0 spiro atoms. The number of nitrogens with one attached hydrogen (secondary N) is 1. The lowest BCUT2D eigenvalue weighted by atomic mass is 10.0. The quantitative estimate of drug-likeness (QED) is 0.747. The molecule has 2 heterocycles. The van der Waals surface area contributed by atoms with E-state index >= 15 is 0 Å². The van der Waals surface area contributed by atoms with Crippen molar-refractivity contribution in [1.29, 1.82) is 0 Å². The predicted octanol–water partition coefficient (Wildman–Crippen LogP) is 3.06. The van der Waals surface area contributed by atoms with Crippen LogP contribution in [0.2, 0.25) is 0 Å². The number of nitrogens with zero attached hydrogens (tertiary/aromatic N) is 1. The first-order valence-corrected chi connectivity index (χ1v) is 8.15. The number of esters is 1. The van der Waals surface area contributed by atoms with Gasteiger partial charge in [0.1, 0.15) is 4.83 Å². The predicted molar refractivity (Wildman–Crippen MR) is 90.2 cm³/mol. The minimum Gasteiger partial charge on any atom is -0.460 e. The lowest BCUT2D eigenvalue weighted by molar-refractivity contribution is 0.0512. The molecule has 0 fully saturated rings. The fourth-order valence-electron chi connectivity index (χ4n) is 2.48. The molecule has 3 aromatic rings. The second kappa shape index (κ2) is 6.34. The van der Waals surface area contributed by atoms with E-state index in [2.05, 4.69) is 9.97 Å². The van der Waals surface area contributed by atoms with Gasteiger partial charge >= 0.3 is 5.97 Å². The van der Waals surface area contributed by atoms with Gasteiger partial charge in [0.05, 0.1) is 12.0 Å². The van der Waals surface area contributed by atoms with Crippen molar-refractivity contribution in [2.75, 3.05) is 6.61 Å². The number of aromatic nitrogens is 2. The molecule has 0 bridgehead atoms. The molecule has 0 saturated heterocycles. The standard InChI is InChI=1S/C17H16N2O3S/c1-3-22-17(21)14-18-15(20)13-12(10(2)23-16(13)19-14)9-11-7-5-4-6-8-11/h4-8H,3,9H2,1-2H3,(H,18,19,20). The number of ether oxygens (including phenoxy) is 1. The van der Waals surface area contributed by atoms with Crippen molar-refractivity contribution >= 4 is 27.5 Å². The molecule has 0 aliphatic heterocycles. The Balaban J connectivity index is 2.09. The molecular weight excluding hydrogens is 312 g/mol. The number of aryl methyl sites for hydroxylation is 1. The normalized spacial score (nSPS) is 10.9. The van der Waals surface area contributed by atoms with E-state index in [1.54, 1.807) is 6.92 Å². The van der Waals surface area contributed by atoms with E-state index < -0.39 is 5.97 Å². The highest BCUT2D eigenvalue weighted by Crippen LogP contribution is 2.28. The molecule has 0 saturated carbocycles. The molecule has 0 atom stereocenters. The van der Waals surface area contributed by atoms with Crippen LogP contribution < -0.4 is 5.56 Å². The van der Waals surface area contributed by atoms with Gasteiger partial charge in [-0.2, -0.15) is 0 Å². The van der Waals surface area contributed by atoms with E-state index in [9.17, 15) is 9.59 Å². The Kier molecular flexibility index (Phi) is 4.25. The fourth-order valence-corrected chi connectivity index (χ4v) is 3.53. The van der Waals surface area contributed by atoms with E-state index in [4.69, 9.17) is 4.74 Å². The van der Waals surface area contributed by atoms with Crippen molar-refractivity contribution in [2.45, 2.75) is 20.3 Å². The maximum Gasteiger partial charge on any atom is 0.374 e.